The molecule has 1 aromatic heterocycles. The van der Waals surface area contributed by atoms with Crippen LogP contribution in [0.2, 0.25) is 0 Å². The topological polar surface area (TPSA) is 42.8 Å². The molecule has 1 heterocycles. The lowest BCUT2D eigenvalue weighted by atomic mass is 10.2. The summed E-state index contributed by atoms with van der Waals surface area (Å²) in [6.07, 6.45) is 0. The van der Waals surface area contributed by atoms with Gasteiger partial charge in [0.2, 0.25) is 0 Å². The number of fused-ring (bicyclic) bond motifs is 1. The summed E-state index contributed by atoms with van der Waals surface area (Å²) >= 11 is 0. The highest BCUT2D eigenvalue weighted by atomic mass is 15.2. The van der Waals surface area contributed by atoms with Crippen molar-refractivity contribution in [1.29, 1.82) is 0 Å². The van der Waals surface area contributed by atoms with Gasteiger partial charge in [0.1, 0.15) is 0 Å². The number of benzene rings is 1. The van der Waals surface area contributed by atoms with Crippen LogP contribution in [0, 0.1) is 0 Å². The van der Waals surface area contributed by atoms with Crippen molar-refractivity contribution in [1.82, 2.24) is 15.5 Å². The third kappa shape index (κ3) is 0.852. The van der Waals surface area contributed by atoms with Gasteiger partial charge in [-0.15, -0.1) is 0 Å². The molecule has 0 saturated carbocycles. The van der Waals surface area contributed by atoms with E-state index in [4.69, 9.17) is 0 Å². The average molecular weight is 146 g/mol. The monoisotopic (exact) mass is 146 g/mol. The molecule has 55 valence electrons. The van der Waals surface area contributed by atoms with E-state index in [0.29, 0.717) is 0 Å². The van der Waals surface area contributed by atoms with E-state index in [1.165, 1.54) is 0 Å². The fraction of sp³-hybridized carbons (Fsp3) is 0.125. The molecule has 0 saturated heterocycles. The molecule has 1 aromatic carbocycles. The fourth-order valence-electron chi connectivity index (χ4n) is 1.12. The summed E-state index contributed by atoms with van der Waals surface area (Å²) in [5, 5.41) is 12.0. The first-order valence-electron chi connectivity index (χ1n) is 3.45. The molecule has 0 aliphatic heterocycles. The quantitative estimate of drug-likeness (QED) is 0.649. The number of para-hydroxylation sites is 1. The zero-order chi connectivity index (χ0) is 7.68. The highest BCUT2D eigenvalue weighted by molar-refractivity contribution is 5.87. The summed E-state index contributed by atoms with van der Waals surface area (Å²) in [5.74, 6) is 0.778. The van der Waals surface area contributed by atoms with Crippen LogP contribution < -0.4 is 5.32 Å². The maximum absolute atomic E-state index is 4.02. The molecular weight excluding hydrogens is 138 g/mol. The Kier molecular flexibility index (Phi) is 1.28. The molecule has 0 unspecified atom stereocenters. The number of H-pyrrole nitrogens is 1. The van der Waals surface area contributed by atoms with Gasteiger partial charge in [0.15, 0.2) is 5.82 Å². The maximum Gasteiger partial charge on any atom is 0.176 e. The summed E-state index contributed by atoms with van der Waals surface area (Å²) in [4.78, 5) is 0. The van der Waals surface area contributed by atoms with Crippen LogP contribution in [0.25, 0.3) is 10.9 Å². The van der Waals surface area contributed by atoms with Crippen molar-refractivity contribution in [3.8, 4) is 0 Å². The summed E-state index contributed by atoms with van der Waals surface area (Å²) < 4.78 is 0. The third-order valence-corrected chi connectivity index (χ3v) is 1.66. The van der Waals surface area contributed by atoms with E-state index in [1.54, 1.807) is 7.05 Å². The second kappa shape index (κ2) is 2.27. The first-order valence-corrected chi connectivity index (χ1v) is 3.45. The second-order valence-electron chi connectivity index (χ2n) is 2.32. The zero-order valence-corrected chi connectivity index (χ0v) is 6.20. The van der Waals surface area contributed by atoms with Gasteiger partial charge in [0, 0.05) is 12.4 Å². The molecule has 0 spiro atoms. The molecule has 0 atom stereocenters. The van der Waals surface area contributed by atoms with E-state index < -0.39 is 0 Å². The molecule has 0 bridgehead atoms. The Bertz CT molecular complexity index is 364. The molecule has 3 heteroatoms. The number of hydrogen-bond donors (Lipinski definition) is 1. The number of aromatic amines is 1. The van der Waals surface area contributed by atoms with Crippen LogP contribution in [0.5, 0.6) is 0 Å². The van der Waals surface area contributed by atoms with Gasteiger partial charge in [0.05, 0.1) is 5.52 Å². The minimum atomic E-state index is 0.778. The Morgan fingerprint density at radius 2 is 2.18 bits per heavy atom. The predicted octanol–water partition coefficient (Wildman–Crippen LogP) is 1.43. The molecule has 11 heavy (non-hydrogen) atoms. The van der Waals surface area contributed by atoms with Crippen LogP contribution in [-0.4, -0.2) is 17.2 Å². The first kappa shape index (κ1) is 6.22. The van der Waals surface area contributed by atoms with Gasteiger partial charge in [-0.3, -0.25) is 10.4 Å². The lowest BCUT2D eigenvalue weighted by molar-refractivity contribution is 0.991. The molecule has 1 radical (unpaired) electrons. The second-order valence-corrected chi connectivity index (χ2v) is 2.32. The lowest BCUT2D eigenvalue weighted by Crippen LogP contribution is -1.85. The summed E-state index contributed by atoms with van der Waals surface area (Å²) in [5.41, 5.74) is 1.04. The van der Waals surface area contributed by atoms with Crippen molar-refractivity contribution in [2.75, 3.05) is 7.05 Å². The van der Waals surface area contributed by atoms with Crippen molar-refractivity contribution in [2.45, 2.75) is 0 Å². The van der Waals surface area contributed by atoms with Gasteiger partial charge in [-0.1, -0.05) is 12.1 Å². The molecule has 0 aliphatic rings. The molecule has 2 rings (SSSR count). The molecular formula is C8H8N3. The fourth-order valence-corrected chi connectivity index (χ4v) is 1.12. The molecule has 0 fully saturated rings. The Labute approximate surface area is 64.4 Å². The van der Waals surface area contributed by atoms with Crippen molar-refractivity contribution < 1.29 is 0 Å². The van der Waals surface area contributed by atoms with Gasteiger partial charge < -0.3 is 0 Å². The lowest BCUT2D eigenvalue weighted by Gasteiger charge is -1.88. The normalized spacial score (nSPS) is 10.3. The minimum Gasteiger partial charge on any atom is -0.276 e. The molecule has 0 amide bonds. The van der Waals surface area contributed by atoms with Crippen LogP contribution in [0.1, 0.15) is 0 Å². The average Bonchev–Trinajstić information content (AvgIpc) is 2.47. The SMILES string of the molecule is C[N]c1n[nH]c2ccccc12. The number of nitrogens with one attached hydrogen (secondary N) is 1. The van der Waals surface area contributed by atoms with Crippen molar-refractivity contribution in [3.63, 3.8) is 0 Å². The summed E-state index contributed by atoms with van der Waals surface area (Å²) in [6, 6.07) is 7.94. The van der Waals surface area contributed by atoms with Crippen LogP contribution in [0.15, 0.2) is 24.3 Å². The van der Waals surface area contributed by atoms with Crippen LogP contribution in [0.4, 0.5) is 5.82 Å². The van der Waals surface area contributed by atoms with Crippen molar-refractivity contribution >= 4 is 16.7 Å². The van der Waals surface area contributed by atoms with E-state index in [2.05, 4.69) is 15.5 Å². The van der Waals surface area contributed by atoms with E-state index >= 15 is 0 Å². The first-order chi connectivity index (χ1) is 5.42. The van der Waals surface area contributed by atoms with Gasteiger partial charge in [-0.2, -0.15) is 5.10 Å². The molecule has 0 aliphatic carbocycles. The van der Waals surface area contributed by atoms with Crippen LogP contribution in [-0.2, 0) is 0 Å². The van der Waals surface area contributed by atoms with Crippen LogP contribution in [0.3, 0.4) is 0 Å². The van der Waals surface area contributed by atoms with E-state index in [-0.39, 0.29) is 0 Å². The van der Waals surface area contributed by atoms with E-state index in [0.717, 1.165) is 16.7 Å². The van der Waals surface area contributed by atoms with Crippen molar-refractivity contribution in [2.24, 2.45) is 0 Å². The van der Waals surface area contributed by atoms with Gasteiger partial charge in [0.25, 0.3) is 0 Å². The van der Waals surface area contributed by atoms with E-state index in [1.807, 2.05) is 24.3 Å². The Hall–Kier alpha value is -1.51. The van der Waals surface area contributed by atoms with Gasteiger partial charge in [-0.05, 0) is 12.1 Å². The third-order valence-electron chi connectivity index (χ3n) is 1.66. The number of nitrogens with zero attached hydrogens (tertiary/aromatic N) is 2. The summed E-state index contributed by atoms with van der Waals surface area (Å²) in [6.45, 7) is 0. The number of aromatic nitrogens is 2. The van der Waals surface area contributed by atoms with E-state index in [9.17, 15) is 0 Å². The Balaban J connectivity index is 2.76. The van der Waals surface area contributed by atoms with Crippen LogP contribution >= 0.6 is 0 Å². The predicted molar refractivity (Wildman–Crippen MR) is 43.8 cm³/mol. The standard InChI is InChI=1S/C8H8N3/c1-9-8-6-4-2-3-5-7(6)10-11-8/h2-5H,1H3,(H,10,11). The summed E-state index contributed by atoms with van der Waals surface area (Å²) in [7, 11) is 1.74. The smallest absolute Gasteiger partial charge is 0.176 e. The highest BCUT2D eigenvalue weighted by Gasteiger charge is 2.01. The van der Waals surface area contributed by atoms with Gasteiger partial charge >= 0.3 is 0 Å². The molecule has 2 aromatic rings. The molecule has 3 nitrogen and oxygen atoms in total. The Morgan fingerprint density at radius 1 is 1.36 bits per heavy atom. The highest BCUT2D eigenvalue weighted by Crippen LogP contribution is 2.18. The minimum absolute atomic E-state index is 0.778. The number of hydrogen-bond acceptors (Lipinski definition) is 1. The Morgan fingerprint density at radius 3 is 3.00 bits per heavy atom. The number of rotatable bonds is 1. The van der Waals surface area contributed by atoms with Gasteiger partial charge in [-0.25, -0.2) is 0 Å². The largest absolute Gasteiger partial charge is 0.276 e. The molecule has 1 N–H and O–H groups in total. The zero-order valence-electron chi connectivity index (χ0n) is 6.20. The maximum atomic E-state index is 4.02. The van der Waals surface area contributed by atoms with Crippen molar-refractivity contribution in [3.05, 3.63) is 24.3 Å².